The first-order chi connectivity index (χ1) is 6.77. The number of carbonyl (C=O) groups is 1. The first-order valence-electron chi connectivity index (χ1n) is 4.49. The van der Waals surface area contributed by atoms with E-state index in [4.69, 9.17) is 4.74 Å². The SMILES string of the molecule is CC(=O)/C(=C\c1cc#ccc1)C1CO1. The number of Topliss-reactive ketones (excluding diaryl/α,β-unsaturated/α-hetero) is 1. The first kappa shape index (κ1) is 8.98. The predicted octanol–water partition coefficient (Wildman–Crippen LogP) is 1.66. The Morgan fingerprint density at radius 2 is 2.43 bits per heavy atom. The largest absolute Gasteiger partial charge is 0.368 e. The van der Waals surface area contributed by atoms with Crippen LogP contribution in [0.25, 0.3) is 6.08 Å². The molecule has 0 N–H and O–H groups in total. The van der Waals surface area contributed by atoms with Crippen LogP contribution in [-0.4, -0.2) is 18.5 Å². The van der Waals surface area contributed by atoms with Gasteiger partial charge in [-0.15, -0.1) is 0 Å². The maximum atomic E-state index is 11.3. The Morgan fingerprint density at radius 1 is 1.64 bits per heavy atom. The van der Waals surface area contributed by atoms with E-state index >= 15 is 0 Å². The summed E-state index contributed by atoms with van der Waals surface area (Å²) >= 11 is 0. The maximum absolute atomic E-state index is 11.3. The minimum atomic E-state index is 0.0108. The summed E-state index contributed by atoms with van der Waals surface area (Å²) in [4.78, 5) is 11.3. The highest BCUT2D eigenvalue weighted by atomic mass is 16.6. The summed E-state index contributed by atoms with van der Waals surface area (Å²) in [5, 5.41) is 0. The molecule has 0 radical (unpaired) electrons. The summed E-state index contributed by atoms with van der Waals surface area (Å²) in [6.07, 6.45) is 1.86. The zero-order chi connectivity index (χ0) is 9.97. The Morgan fingerprint density at radius 3 is 2.93 bits per heavy atom. The van der Waals surface area contributed by atoms with Crippen molar-refractivity contribution in [2.75, 3.05) is 6.61 Å². The monoisotopic (exact) mass is 186 g/mol. The summed E-state index contributed by atoms with van der Waals surface area (Å²) in [6, 6.07) is 11.1. The van der Waals surface area contributed by atoms with Gasteiger partial charge in [0.1, 0.15) is 6.10 Å². The minimum Gasteiger partial charge on any atom is -0.368 e. The van der Waals surface area contributed by atoms with Crippen LogP contribution in [0.15, 0.2) is 23.8 Å². The molecule has 1 aromatic carbocycles. The van der Waals surface area contributed by atoms with Gasteiger partial charge in [-0.3, -0.25) is 4.79 Å². The van der Waals surface area contributed by atoms with Crippen LogP contribution >= 0.6 is 0 Å². The normalized spacial score (nSPS) is 20.1. The van der Waals surface area contributed by atoms with Crippen LogP contribution in [-0.2, 0) is 9.53 Å². The lowest BCUT2D eigenvalue weighted by molar-refractivity contribution is -0.113. The van der Waals surface area contributed by atoms with E-state index < -0.39 is 0 Å². The van der Waals surface area contributed by atoms with Gasteiger partial charge in [-0.25, -0.2) is 0 Å². The number of carbonyl (C=O) groups excluding carboxylic acids is 1. The molecule has 1 aliphatic rings. The summed E-state index contributed by atoms with van der Waals surface area (Å²) in [6.45, 7) is 2.22. The van der Waals surface area contributed by atoms with Gasteiger partial charge in [0.05, 0.1) is 6.61 Å². The lowest BCUT2D eigenvalue weighted by atomic mass is 10.1. The highest BCUT2D eigenvalue weighted by molar-refractivity contribution is 5.99. The molecule has 0 aliphatic carbocycles. The van der Waals surface area contributed by atoms with Gasteiger partial charge >= 0.3 is 0 Å². The summed E-state index contributed by atoms with van der Waals surface area (Å²) < 4.78 is 5.10. The van der Waals surface area contributed by atoms with Gasteiger partial charge in [-0.05, 0) is 36.8 Å². The standard InChI is InChI=1S/C12H10O2/c1-9(13)11(12-8-14-12)7-10-5-3-2-4-6-10/h3,5-7,12H,8H2,1H3/b11-7+. The van der Waals surface area contributed by atoms with Crippen molar-refractivity contribution in [3.63, 3.8) is 0 Å². The van der Waals surface area contributed by atoms with Crippen molar-refractivity contribution in [2.45, 2.75) is 13.0 Å². The molecule has 2 nitrogen and oxygen atoms in total. The number of rotatable bonds is 3. The van der Waals surface area contributed by atoms with Crippen molar-refractivity contribution in [2.24, 2.45) is 0 Å². The molecule has 70 valence electrons. The average molecular weight is 186 g/mol. The molecule has 0 spiro atoms. The summed E-state index contributed by atoms with van der Waals surface area (Å²) in [7, 11) is 0. The molecule has 0 bridgehead atoms. The number of hydrogen-bond donors (Lipinski definition) is 0. The number of epoxide rings is 1. The van der Waals surface area contributed by atoms with Crippen molar-refractivity contribution in [1.82, 2.24) is 0 Å². The third-order valence-corrected chi connectivity index (χ3v) is 2.09. The third-order valence-electron chi connectivity index (χ3n) is 2.09. The number of ether oxygens (including phenoxy) is 1. The fourth-order valence-corrected chi connectivity index (χ4v) is 1.28. The fourth-order valence-electron chi connectivity index (χ4n) is 1.28. The number of ketones is 1. The van der Waals surface area contributed by atoms with Crippen LogP contribution in [0.1, 0.15) is 12.5 Å². The van der Waals surface area contributed by atoms with E-state index in [-0.39, 0.29) is 11.9 Å². The number of hydrogen-bond acceptors (Lipinski definition) is 2. The van der Waals surface area contributed by atoms with Crippen LogP contribution in [0.3, 0.4) is 0 Å². The van der Waals surface area contributed by atoms with Crippen LogP contribution in [0, 0.1) is 12.1 Å². The summed E-state index contributed by atoms with van der Waals surface area (Å²) in [5.74, 6) is 0.0698. The zero-order valence-corrected chi connectivity index (χ0v) is 7.91. The van der Waals surface area contributed by atoms with Crippen molar-refractivity contribution in [1.29, 1.82) is 0 Å². The van der Waals surface area contributed by atoms with Crippen molar-refractivity contribution >= 4 is 11.9 Å². The van der Waals surface area contributed by atoms with E-state index in [0.29, 0.717) is 6.61 Å². The average Bonchev–Trinajstić information content (AvgIpc) is 2.99. The zero-order valence-electron chi connectivity index (χ0n) is 7.91. The highest BCUT2D eigenvalue weighted by Gasteiger charge is 2.29. The molecule has 1 saturated heterocycles. The van der Waals surface area contributed by atoms with E-state index in [1.54, 1.807) is 19.1 Å². The van der Waals surface area contributed by atoms with Gasteiger partial charge in [-0.1, -0.05) is 12.1 Å². The molecule has 14 heavy (non-hydrogen) atoms. The second-order valence-electron chi connectivity index (χ2n) is 3.24. The topological polar surface area (TPSA) is 29.6 Å². The third kappa shape index (κ3) is 2.01. The van der Waals surface area contributed by atoms with Crippen LogP contribution < -0.4 is 0 Å². The van der Waals surface area contributed by atoms with Crippen molar-refractivity contribution < 1.29 is 9.53 Å². The molecule has 0 aromatic heterocycles. The van der Waals surface area contributed by atoms with Gasteiger partial charge < -0.3 is 4.74 Å². The van der Waals surface area contributed by atoms with E-state index in [1.807, 2.05) is 12.1 Å². The van der Waals surface area contributed by atoms with E-state index in [1.165, 1.54) is 0 Å². The van der Waals surface area contributed by atoms with Gasteiger partial charge in [0, 0.05) is 5.57 Å². The molecule has 1 aliphatic heterocycles. The molecular formula is C12H10O2. The molecule has 1 aromatic rings. The molecule has 1 heterocycles. The quantitative estimate of drug-likeness (QED) is 0.530. The van der Waals surface area contributed by atoms with Gasteiger partial charge in [0.2, 0.25) is 0 Å². The Kier molecular flexibility index (Phi) is 2.34. The minimum absolute atomic E-state index is 0.0108. The van der Waals surface area contributed by atoms with Crippen LogP contribution in [0.4, 0.5) is 0 Å². The molecule has 2 heteroatoms. The van der Waals surface area contributed by atoms with Crippen molar-refractivity contribution in [3.05, 3.63) is 41.5 Å². The smallest absolute Gasteiger partial charge is 0.158 e. The molecule has 1 unspecified atom stereocenters. The van der Waals surface area contributed by atoms with Gasteiger partial charge in [0.15, 0.2) is 5.78 Å². The Labute approximate surface area is 83.2 Å². The molecule has 0 amide bonds. The second kappa shape index (κ2) is 3.65. The Bertz CT molecular complexity index is 361. The van der Waals surface area contributed by atoms with E-state index in [9.17, 15) is 4.79 Å². The predicted molar refractivity (Wildman–Crippen MR) is 52.5 cm³/mol. The van der Waals surface area contributed by atoms with Crippen molar-refractivity contribution in [3.8, 4) is 0 Å². The van der Waals surface area contributed by atoms with Gasteiger partial charge in [-0.2, -0.15) is 0 Å². The van der Waals surface area contributed by atoms with E-state index in [0.717, 1.165) is 11.1 Å². The van der Waals surface area contributed by atoms with Crippen LogP contribution in [0.5, 0.6) is 0 Å². The van der Waals surface area contributed by atoms with E-state index in [2.05, 4.69) is 12.1 Å². The molecular weight excluding hydrogens is 176 g/mol. The Balaban J connectivity index is 2.26. The first-order valence-corrected chi connectivity index (χ1v) is 4.49. The highest BCUT2D eigenvalue weighted by Crippen LogP contribution is 2.22. The lowest BCUT2D eigenvalue weighted by Gasteiger charge is -1.97. The maximum Gasteiger partial charge on any atom is 0.158 e. The lowest BCUT2D eigenvalue weighted by Crippen LogP contribution is -2.03. The molecule has 2 rings (SSSR count). The molecule has 0 saturated carbocycles. The fraction of sp³-hybridized carbons (Fsp3) is 0.250. The van der Waals surface area contributed by atoms with Crippen LogP contribution in [0.2, 0.25) is 0 Å². The Hall–Kier alpha value is -1.59. The second-order valence-corrected chi connectivity index (χ2v) is 3.24. The summed E-state index contributed by atoms with van der Waals surface area (Å²) in [5.41, 5.74) is 1.70. The molecule has 1 atom stereocenters. The molecule has 1 fully saturated rings. The van der Waals surface area contributed by atoms with Gasteiger partial charge in [0.25, 0.3) is 0 Å².